The molecule has 0 N–H and O–H groups in total. The number of non-ortho nitro benzene ring substituents is 1. The Balaban J connectivity index is 1.62. The SMILES string of the molecule is O=C(c1cccc(Br)c1)N1CCCN(Cc2cccc([N+](=O)[O-])c2)CC1. The van der Waals surface area contributed by atoms with E-state index in [1.807, 2.05) is 35.2 Å². The van der Waals surface area contributed by atoms with E-state index in [-0.39, 0.29) is 16.5 Å². The highest BCUT2D eigenvalue weighted by Gasteiger charge is 2.20. The van der Waals surface area contributed by atoms with E-state index in [1.165, 1.54) is 6.07 Å². The molecule has 1 fully saturated rings. The number of nitrogens with zero attached hydrogens (tertiary/aromatic N) is 3. The maximum Gasteiger partial charge on any atom is 0.269 e. The molecule has 2 aromatic rings. The molecule has 1 aliphatic heterocycles. The molecular weight excluding hydrogens is 398 g/mol. The smallest absolute Gasteiger partial charge is 0.269 e. The van der Waals surface area contributed by atoms with Crippen LogP contribution in [0.15, 0.2) is 53.0 Å². The molecule has 0 aliphatic carbocycles. The van der Waals surface area contributed by atoms with Crippen molar-refractivity contribution in [2.75, 3.05) is 26.2 Å². The highest BCUT2D eigenvalue weighted by atomic mass is 79.9. The fraction of sp³-hybridized carbons (Fsp3) is 0.316. The molecule has 0 atom stereocenters. The number of nitro benzene ring substituents is 1. The number of halogens is 1. The first-order valence-electron chi connectivity index (χ1n) is 8.53. The molecule has 1 heterocycles. The summed E-state index contributed by atoms with van der Waals surface area (Å²) in [5.74, 6) is 0.0449. The number of carbonyl (C=O) groups excluding carboxylic acids is 1. The van der Waals surface area contributed by atoms with Gasteiger partial charge in [-0.1, -0.05) is 34.1 Å². The van der Waals surface area contributed by atoms with Gasteiger partial charge in [0.05, 0.1) is 4.92 Å². The van der Waals surface area contributed by atoms with Crippen LogP contribution in [0.1, 0.15) is 22.3 Å². The largest absolute Gasteiger partial charge is 0.337 e. The predicted octanol–water partition coefficient (Wildman–Crippen LogP) is 3.71. The van der Waals surface area contributed by atoms with Crippen LogP contribution in [0.5, 0.6) is 0 Å². The maximum absolute atomic E-state index is 12.7. The monoisotopic (exact) mass is 417 g/mol. The maximum atomic E-state index is 12.7. The average molecular weight is 418 g/mol. The van der Waals surface area contributed by atoms with Crippen LogP contribution in [0.4, 0.5) is 5.69 Å². The van der Waals surface area contributed by atoms with Gasteiger partial charge < -0.3 is 4.90 Å². The molecule has 6 nitrogen and oxygen atoms in total. The Kier molecular flexibility index (Phi) is 6.00. The van der Waals surface area contributed by atoms with Gasteiger partial charge >= 0.3 is 0 Å². The Morgan fingerprint density at radius 1 is 1.08 bits per heavy atom. The molecule has 2 aromatic carbocycles. The van der Waals surface area contributed by atoms with E-state index >= 15 is 0 Å². The summed E-state index contributed by atoms with van der Waals surface area (Å²) in [6, 6.07) is 14.2. The van der Waals surface area contributed by atoms with E-state index in [0.29, 0.717) is 18.7 Å². The van der Waals surface area contributed by atoms with Crippen LogP contribution in [-0.2, 0) is 6.54 Å². The van der Waals surface area contributed by atoms with Crippen LogP contribution >= 0.6 is 15.9 Å². The normalized spacial score (nSPS) is 15.5. The molecule has 3 rings (SSSR count). The lowest BCUT2D eigenvalue weighted by Gasteiger charge is -2.22. The van der Waals surface area contributed by atoms with Gasteiger partial charge in [-0.15, -0.1) is 0 Å². The summed E-state index contributed by atoms with van der Waals surface area (Å²) in [6.45, 7) is 3.64. The fourth-order valence-electron chi connectivity index (χ4n) is 3.16. The number of hydrogen-bond acceptors (Lipinski definition) is 4. The minimum absolute atomic E-state index is 0.0449. The molecule has 136 valence electrons. The van der Waals surface area contributed by atoms with Gasteiger partial charge in [0, 0.05) is 54.9 Å². The van der Waals surface area contributed by atoms with E-state index in [1.54, 1.807) is 12.1 Å². The van der Waals surface area contributed by atoms with Gasteiger partial charge in [0.15, 0.2) is 0 Å². The van der Waals surface area contributed by atoms with Gasteiger partial charge in [-0.3, -0.25) is 19.8 Å². The molecule has 26 heavy (non-hydrogen) atoms. The first-order valence-corrected chi connectivity index (χ1v) is 9.33. The minimum atomic E-state index is -0.371. The molecule has 1 amide bonds. The Morgan fingerprint density at radius 2 is 1.88 bits per heavy atom. The second kappa shape index (κ2) is 8.42. The van der Waals surface area contributed by atoms with E-state index in [2.05, 4.69) is 20.8 Å². The highest BCUT2D eigenvalue weighted by molar-refractivity contribution is 9.10. The number of carbonyl (C=O) groups is 1. The lowest BCUT2D eigenvalue weighted by Crippen LogP contribution is -2.35. The third-order valence-corrected chi connectivity index (χ3v) is 4.97. The second-order valence-electron chi connectivity index (χ2n) is 6.36. The van der Waals surface area contributed by atoms with Crippen LogP contribution in [0.3, 0.4) is 0 Å². The van der Waals surface area contributed by atoms with Gasteiger partial charge in [-0.25, -0.2) is 0 Å². The van der Waals surface area contributed by atoms with Crippen molar-refractivity contribution in [3.8, 4) is 0 Å². The molecule has 0 bridgehead atoms. The first-order chi connectivity index (χ1) is 12.5. The molecule has 1 aliphatic rings. The highest BCUT2D eigenvalue weighted by Crippen LogP contribution is 2.17. The van der Waals surface area contributed by atoms with Crippen molar-refractivity contribution in [1.82, 2.24) is 9.80 Å². The van der Waals surface area contributed by atoms with Gasteiger partial charge in [0.2, 0.25) is 0 Å². The Bertz CT molecular complexity index is 812. The van der Waals surface area contributed by atoms with Crippen LogP contribution in [-0.4, -0.2) is 46.8 Å². The lowest BCUT2D eigenvalue weighted by molar-refractivity contribution is -0.384. The summed E-state index contributed by atoms with van der Waals surface area (Å²) in [5, 5.41) is 10.9. The van der Waals surface area contributed by atoms with E-state index in [9.17, 15) is 14.9 Å². The molecular formula is C19H20BrN3O3. The molecule has 1 saturated heterocycles. The number of rotatable bonds is 4. The summed E-state index contributed by atoms with van der Waals surface area (Å²) < 4.78 is 0.894. The van der Waals surface area contributed by atoms with Gasteiger partial charge in [0.25, 0.3) is 11.6 Å². The summed E-state index contributed by atoms with van der Waals surface area (Å²) in [4.78, 5) is 27.4. The molecule has 0 radical (unpaired) electrons. The zero-order chi connectivity index (χ0) is 18.5. The summed E-state index contributed by atoms with van der Waals surface area (Å²) in [5.41, 5.74) is 1.72. The van der Waals surface area contributed by atoms with Crippen molar-refractivity contribution in [1.29, 1.82) is 0 Å². The number of amides is 1. The summed E-state index contributed by atoms with van der Waals surface area (Å²) in [7, 11) is 0. The average Bonchev–Trinajstić information content (AvgIpc) is 2.87. The zero-order valence-corrected chi connectivity index (χ0v) is 15.9. The van der Waals surface area contributed by atoms with Crippen LogP contribution in [0.25, 0.3) is 0 Å². The van der Waals surface area contributed by atoms with Gasteiger partial charge in [-0.05, 0) is 30.2 Å². The van der Waals surface area contributed by atoms with Gasteiger partial charge in [-0.2, -0.15) is 0 Å². The molecule has 0 spiro atoms. The van der Waals surface area contributed by atoms with Crippen molar-refractivity contribution in [2.24, 2.45) is 0 Å². The summed E-state index contributed by atoms with van der Waals surface area (Å²) >= 11 is 3.41. The quantitative estimate of drug-likeness (QED) is 0.561. The fourth-order valence-corrected chi connectivity index (χ4v) is 3.56. The number of hydrogen-bond donors (Lipinski definition) is 0. The molecule has 0 unspecified atom stereocenters. The number of benzene rings is 2. The molecule has 0 aromatic heterocycles. The van der Waals surface area contributed by atoms with Crippen molar-refractivity contribution in [3.05, 3.63) is 74.2 Å². The van der Waals surface area contributed by atoms with E-state index in [0.717, 1.165) is 36.1 Å². The Hall–Kier alpha value is -2.25. The van der Waals surface area contributed by atoms with Crippen LogP contribution in [0.2, 0.25) is 0 Å². The second-order valence-corrected chi connectivity index (χ2v) is 7.27. The van der Waals surface area contributed by atoms with Gasteiger partial charge in [0.1, 0.15) is 0 Å². The van der Waals surface area contributed by atoms with Crippen molar-refractivity contribution >= 4 is 27.5 Å². The van der Waals surface area contributed by atoms with Crippen LogP contribution in [0, 0.1) is 10.1 Å². The third-order valence-electron chi connectivity index (χ3n) is 4.47. The zero-order valence-electron chi connectivity index (χ0n) is 14.3. The topological polar surface area (TPSA) is 66.7 Å². The number of nitro groups is 1. The standard InChI is InChI=1S/C19H20BrN3O3/c20-17-6-2-5-16(13-17)19(24)22-9-3-8-21(10-11-22)14-15-4-1-7-18(12-15)23(25)26/h1-2,4-7,12-13H,3,8-11,14H2. The Labute approximate surface area is 160 Å². The molecule has 7 heteroatoms. The minimum Gasteiger partial charge on any atom is -0.337 e. The first kappa shape index (κ1) is 18.5. The summed E-state index contributed by atoms with van der Waals surface area (Å²) in [6.07, 6.45) is 0.884. The van der Waals surface area contributed by atoms with Crippen LogP contribution < -0.4 is 0 Å². The van der Waals surface area contributed by atoms with Crippen molar-refractivity contribution in [3.63, 3.8) is 0 Å². The molecule has 0 saturated carbocycles. The lowest BCUT2D eigenvalue weighted by atomic mass is 10.2. The predicted molar refractivity (Wildman–Crippen MR) is 103 cm³/mol. The van der Waals surface area contributed by atoms with Crippen molar-refractivity contribution in [2.45, 2.75) is 13.0 Å². The van der Waals surface area contributed by atoms with E-state index in [4.69, 9.17) is 0 Å². The van der Waals surface area contributed by atoms with Crippen molar-refractivity contribution < 1.29 is 9.72 Å². The van der Waals surface area contributed by atoms with E-state index < -0.39 is 0 Å². The Morgan fingerprint density at radius 3 is 2.65 bits per heavy atom. The third kappa shape index (κ3) is 4.68.